The van der Waals surface area contributed by atoms with Gasteiger partial charge in [0.05, 0.1) is 17.4 Å². The van der Waals surface area contributed by atoms with Crippen molar-refractivity contribution < 1.29 is 17.9 Å². The third-order valence-corrected chi connectivity index (χ3v) is 6.96. The molecular formula is C18H27ClN2O4S. The zero-order valence-electron chi connectivity index (χ0n) is 15.2. The van der Waals surface area contributed by atoms with Gasteiger partial charge < -0.3 is 10.1 Å². The smallest absolute Gasteiger partial charge is 0.316 e. The summed E-state index contributed by atoms with van der Waals surface area (Å²) in [6.07, 6.45) is 3.40. The molecule has 2 N–H and O–H groups in total. The van der Waals surface area contributed by atoms with Crippen LogP contribution in [-0.2, 0) is 25.0 Å². The van der Waals surface area contributed by atoms with Crippen LogP contribution < -0.4 is 10.0 Å². The van der Waals surface area contributed by atoms with Gasteiger partial charge in [-0.05, 0) is 61.9 Å². The van der Waals surface area contributed by atoms with Crippen molar-refractivity contribution in [3.05, 3.63) is 29.8 Å². The predicted octanol–water partition coefficient (Wildman–Crippen LogP) is 1.98. The number of methoxy groups -OCH3 is 1. The lowest BCUT2D eigenvalue weighted by atomic mass is 9.81. The molecule has 6 nitrogen and oxygen atoms in total. The van der Waals surface area contributed by atoms with Crippen molar-refractivity contribution in [2.24, 2.45) is 5.41 Å². The molecule has 0 amide bonds. The summed E-state index contributed by atoms with van der Waals surface area (Å²) in [7, 11) is -2.17. The van der Waals surface area contributed by atoms with Crippen LogP contribution in [0, 0.1) is 5.41 Å². The van der Waals surface area contributed by atoms with Crippen LogP contribution in [0.4, 0.5) is 0 Å². The molecule has 1 heterocycles. The number of nitrogens with one attached hydrogen (secondary N) is 2. The Morgan fingerprint density at radius 2 is 1.73 bits per heavy atom. The Morgan fingerprint density at radius 1 is 1.15 bits per heavy atom. The summed E-state index contributed by atoms with van der Waals surface area (Å²) in [5.41, 5.74) is 0.234. The third-order valence-electron chi connectivity index (χ3n) is 5.54. The average Bonchev–Trinajstić information content (AvgIpc) is 3.42. The first kappa shape index (κ1) is 21.2. The molecule has 2 aliphatic rings. The maximum absolute atomic E-state index is 12.6. The molecule has 1 aliphatic heterocycles. The highest BCUT2D eigenvalue weighted by molar-refractivity contribution is 7.89. The van der Waals surface area contributed by atoms with Crippen molar-refractivity contribution in [2.45, 2.75) is 42.9 Å². The van der Waals surface area contributed by atoms with Crippen LogP contribution >= 0.6 is 12.4 Å². The first-order chi connectivity index (χ1) is 11.8. The molecule has 2 fully saturated rings. The van der Waals surface area contributed by atoms with E-state index in [0.29, 0.717) is 6.54 Å². The second-order valence-electron chi connectivity index (χ2n) is 7.48. The van der Waals surface area contributed by atoms with E-state index >= 15 is 0 Å². The van der Waals surface area contributed by atoms with Crippen molar-refractivity contribution in [1.82, 2.24) is 10.0 Å². The summed E-state index contributed by atoms with van der Waals surface area (Å²) in [5, 5.41) is 3.29. The Labute approximate surface area is 161 Å². The number of benzene rings is 1. The molecule has 1 aromatic carbocycles. The number of esters is 1. The molecule has 146 valence electrons. The maximum atomic E-state index is 12.6. The van der Waals surface area contributed by atoms with Crippen molar-refractivity contribution in [3.8, 4) is 0 Å². The summed E-state index contributed by atoms with van der Waals surface area (Å²) in [6, 6.07) is 6.60. The number of ether oxygens (including phenoxy) is 1. The van der Waals surface area contributed by atoms with Crippen LogP contribution in [0.1, 0.15) is 38.2 Å². The van der Waals surface area contributed by atoms with Gasteiger partial charge in [0.25, 0.3) is 0 Å². The number of hydrogen-bond acceptors (Lipinski definition) is 5. The van der Waals surface area contributed by atoms with Gasteiger partial charge in [0, 0.05) is 6.54 Å². The lowest BCUT2D eigenvalue weighted by molar-refractivity contribution is -0.143. The fourth-order valence-electron chi connectivity index (χ4n) is 3.44. The minimum Gasteiger partial charge on any atom is -0.468 e. The first-order valence-electron chi connectivity index (χ1n) is 8.71. The largest absolute Gasteiger partial charge is 0.468 e. The van der Waals surface area contributed by atoms with Gasteiger partial charge in [-0.25, -0.2) is 13.1 Å². The summed E-state index contributed by atoms with van der Waals surface area (Å²) >= 11 is 0. The monoisotopic (exact) mass is 402 g/mol. The molecule has 8 heteroatoms. The molecule has 3 rings (SSSR count). The highest BCUT2D eigenvalue weighted by atomic mass is 35.5. The van der Waals surface area contributed by atoms with E-state index in [4.69, 9.17) is 4.74 Å². The maximum Gasteiger partial charge on any atom is 0.316 e. The van der Waals surface area contributed by atoms with Crippen molar-refractivity contribution in [2.75, 3.05) is 26.7 Å². The number of piperidine rings is 1. The van der Waals surface area contributed by atoms with Gasteiger partial charge in [-0.3, -0.25) is 4.79 Å². The standard InChI is InChI=1S/C18H26N2O4S.ClH/c1-17(9-11-19-12-10-17)13-20-25(22,23)15-5-3-14(4-6-15)18(7-8-18)16(21)24-2;/h3-6,19-20H,7-13H2,1-2H3;1H. The van der Waals surface area contributed by atoms with Crippen LogP contribution in [0.5, 0.6) is 0 Å². The van der Waals surface area contributed by atoms with E-state index in [1.165, 1.54) is 7.11 Å². The number of hydrogen-bond donors (Lipinski definition) is 2. The van der Waals surface area contributed by atoms with E-state index < -0.39 is 15.4 Å². The SMILES string of the molecule is COC(=O)C1(c2ccc(S(=O)(=O)NCC3(C)CCNCC3)cc2)CC1.Cl. The lowest BCUT2D eigenvalue weighted by Crippen LogP contribution is -2.42. The number of carbonyl (C=O) groups is 1. The van der Waals surface area contributed by atoms with Crippen molar-refractivity contribution in [3.63, 3.8) is 0 Å². The molecule has 0 bridgehead atoms. The quantitative estimate of drug-likeness (QED) is 0.711. The van der Waals surface area contributed by atoms with Crippen LogP contribution in [0.2, 0.25) is 0 Å². The molecule has 0 radical (unpaired) electrons. The summed E-state index contributed by atoms with van der Waals surface area (Å²) in [4.78, 5) is 12.2. The fraction of sp³-hybridized carbons (Fsp3) is 0.611. The van der Waals surface area contributed by atoms with Crippen LogP contribution in [-0.4, -0.2) is 41.1 Å². The first-order valence-corrected chi connectivity index (χ1v) is 10.2. The fourth-order valence-corrected chi connectivity index (χ4v) is 4.64. The molecule has 0 spiro atoms. The number of carbonyl (C=O) groups excluding carboxylic acids is 1. The minimum absolute atomic E-state index is 0. The molecular weight excluding hydrogens is 376 g/mol. The molecule has 1 aliphatic carbocycles. The summed E-state index contributed by atoms with van der Waals surface area (Å²) in [5.74, 6) is -0.250. The highest BCUT2D eigenvalue weighted by Gasteiger charge is 2.52. The van der Waals surface area contributed by atoms with Crippen LogP contribution in [0.15, 0.2) is 29.2 Å². The second-order valence-corrected chi connectivity index (χ2v) is 9.25. The van der Waals surface area contributed by atoms with Crippen molar-refractivity contribution in [1.29, 1.82) is 0 Å². The van der Waals surface area contributed by atoms with Gasteiger partial charge in [-0.15, -0.1) is 12.4 Å². The molecule has 0 atom stereocenters. The average molecular weight is 403 g/mol. The normalized spacial score (nSPS) is 20.7. The van der Waals surface area contributed by atoms with Crippen LogP contribution in [0.3, 0.4) is 0 Å². The van der Waals surface area contributed by atoms with Gasteiger partial charge in [0.2, 0.25) is 10.0 Å². The zero-order chi connectivity index (χ0) is 18.1. The number of rotatable bonds is 6. The molecule has 1 aromatic rings. The molecule has 1 saturated heterocycles. The van der Waals surface area contributed by atoms with Crippen LogP contribution in [0.25, 0.3) is 0 Å². The summed E-state index contributed by atoms with van der Waals surface area (Å²) < 4.78 is 32.7. The number of sulfonamides is 1. The van der Waals surface area contributed by atoms with Gasteiger partial charge >= 0.3 is 5.97 Å². The van der Waals surface area contributed by atoms with Gasteiger partial charge in [-0.1, -0.05) is 19.1 Å². The molecule has 0 aromatic heterocycles. The van der Waals surface area contributed by atoms with Gasteiger partial charge in [-0.2, -0.15) is 0 Å². The van der Waals surface area contributed by atoms with Crippen molar-refractivity contribution >= 4 is 28.4 Å². The van der Waals surface area contributed by atoms with E-state index in [1.807, 2.05) is 0 Å². The molecule has 26 heavy (non-hydrogen) atoms. The predicted molar refractivity (Wildman–Crippen MR) is 102 cm³/mol. The third kappa shape index (κ3) is 4.22. The Hall–Kier alpha value is -1.15. The van der Waals surface area contributed by atoms with Gasteiger partial charge in [0.15, 0.2) is 0 Å². The second kappa shape index (κ2) is 7.84. The number of halogens is 1. The van der Waals surface area contributed by atoms with E-state index in [2.05, 4.69) is 17.0 Å². The topological polar surface area (TPSA) is 84.5 Å². The highest BCUT2D eigenvalue weighted by Crippen LogP contribution is 2.49. The summed E-state index contributed by atoms with van der Waals surface area (Å²) in [6.45, 7) is 4.39. The Balaban J connectivity index is 0.00000243. The van der Waals surface area contributed by atoms with E-state index in [1.54, 1.807) is 24.3 Å². The molecule has 1 saturated carbocycles. The Bertz CT molecular complexity index is 739. The Morgan fingerprint density at radius 3 is 2.23 bits per heavy atom. The minimum atomic E-state index is -3.55. The van der Waals surface area contributed by atoms with Gasteiger partial charge in [0.1, 0.15) is 0 Å². The van der Waals surface area contributed by atoms with E-state index in [9.17, 15) is 13.2 Å². The Kier molecular flexibility index (Phi) is 6.38. The molecule has 0 unspecified atom stereocenters. The van der Waals surface area contributed by atoms with E-state index in [-0.39, 0.29) is 28.7 Å². The lowest BCUT2D eigenvalue weighted by Gasteiger charge is -2.34. The van der Waals surface area contributed by atoms with E-state index in [0.717, 1.165) is 44.3 Å². The zero-order valence-corrected chi connectivity index (χ0v) is 16.8.